The molecule has 3 N–H and O–H groups in total. The summed E-state index contributed by atoms with van der Waals surface area (Å²) in [5, 5.41) is 8.00. The summed E-state index contributed by atoms with van der Waals surface area (Å²) in [4.78, 5) is 35.9. The van der Waals surface area contributed by atoms with Gasteiger partial charge >= 0.3 is 0 Å². The second kappa shape index (κ2) is 6.10. The molecule has 0 unspecified atom stereocenters. The van der Waals surface area contributed by atoms with Crippen LogP contribution in [0.15, 0.2) is 52.1 Å². The average Bonchev–Trinajstić information content (AvgIpc) is 2.53. The Morgan fingerprint density at radius 1 is 1.00 bits per heavy atom. The van der Waals surface area contributed by atoms with Gasteiger partial charge in [-0.3, -0.25) is 24.6 Å². The van der Waals surface area contributed by atoms with Crippen molar-refractivity contribution in [3.63, 3.8) is 0 Å². The molecule has 0 aliphatic rings. The van der Waals surface area contributed by atoms with Crippen molar-refractivity contribution in [1.82, 2.24) is 10.2 Å². The molecule has 1 amide bonds. The molecule has 6 nitrogen and oxygen atoms in total. The van der Waals surface area contributed by atoms with E-state index in [-0.39, 0.29) is 28.8 Å². The maximum atomic E-state index is 12.2. The molecular formula is C16H12ClN3O3. The van der Waals surface area contributed by atoms with Crippen LogP contribution in [0.4, 0.5) is 5.69 Å². The van der Waals surface area contributed by atoms with Crippen LogP contribution < -0.4 is 16.4 Å². The monoisotopic (exact) mass is 329 g/mol. The lowest BCUT2D eigenvalue weighted by Crippen LogP contribution is -2.22. The van der Waals surface area contributed by atoms with Crippen LogP contribution in [0.25, 0.3) is 10.8 Å². The van der Waals surface area contributed by atoms with Crippen molar-refractivity contribution in [1.29, 1.82) is 0 Å². The van der Waals surface area contributed by atoms with Crippen LogP contribution in [-0.2, 0) is 11.2 Å². The van der Waals surface area contributed by atoms with Crippen LogP contribution in [0.2, 0.25) is 5.02 Å². The van der Waals surface area contributed by atoms with Gasteiger partial charge < -0.3 is 5.32 Å². The number of fused-ring (bicyclic) bond motifs is 1. The first kappa shape index (κ1) is 15.1. The van der Waals surface area contributed by atoms with Crippen molar-refractivity contribution in [3.05, 3.63) is 73.8 Å². The smallest absolute Gasteiger partial charge is 0.272 e. The normalized spacial score (nSPS) is 10.7. The first-order valence-electron chi connectivity index (χ1n) is 6.83. The van der Waals surface area contributed by atoms with E-state index in [0.717, 1.165) is 0 Å². The fourth-order valence-electron chi connectivity index (χ4n) is 2.34. The Morgan fingerprint density at radius 3 is 2.52 bits per heavy atom. The zero-order chi connectivity index (χ0) is 16.4. The Labute approximate surface area is 135 Å². The molecule has 0 saturated carbocycles. The van der Waals surface area contributed by atoms with Crippen LogP contribution >= 0.6 is 11.6 Å². The predicted molar refractivity (Wildman–Crippen MR) is 89.0 cm³/mol. The fraction of sp³-hybridized carbons (Fsp3) is 0.0625. The van der Waals surface area contributed by atoms with Crippen LogP contribution in [0.5, 0.6) is 0 Å². The molecule has 0 fully saturated rings. The number of halogens is 1. The molecule has 1 aromatic heterocycles. The third kappa shape index (κ3) is 3.02. The zero-order valence-electron chi connectivity index (χ0n) is 11.9. The van der Waals surface area contributed by atoms with E-state index in [9.17, 15) is 14.4 Å². The highest BCUT2D eigenvalue weighted by atomic mass is 35.5. The molecule has 3 rings (SSSR count). The molecule has 0 bridgehead atoms. The number of aromatic nitrogens is 2. The lowest BCUT2D eigenvalue weighted by Gasteiger charge is -2.08. The molecular weight excluding hydrogens is 318 g/mol. The molecule has 7 heteroatoms. The highest BCUT2D eigenvalue weighted by Crippen LogP contribution is 2.19. The van der Waals surface area contributed by atoms with Crippen LogP contribution in [0.3, 0.4) is 0 Å². The minimum atomic E-state index is -0.478. The van der Waals surface area contributed by atoms with E-state index < -0.39 is 11.1 Å². The Balaban J connectivity index is 1.95. The topological polar surface area (TPSA) is 94.8 Å². The van der Waals surface area contributed by atoms with Crippen molar-refractivity contribution < 1.29 is 4.79 Å². The Hall–Kier alpha value is -2.86. The van der Waals surface area contributed by atoms with Crippen molar-refractivity contribution in [3.8, 4) is 0 Å². The van der Waals surface area contributed by atoms with E-state index in [1.807, 2.05) is 0 Å². The number of H-pyrrole nitrogens is 2. The van der Waals surface area contributed by atoms with Gasteiger partial charge in [-0.1, -0.05) is 35.9 Å². The summed E-state index contributed by atoms with van der Waals surface area (Å²) in [5.74, 6) is -0.328. The first-order chi connectivity index (χ1) is 11.1. The lowest BCUT2D eigenvalue weighted by atomic mass is 10.1. The number of carbonyl (C=O) groups is 1. The third-order valence-corrected chi connectivity index (χ3v) is 3.78. The van der Waals surface area contributed by atoms with Gasteiger partial charge in [0.05, 0.1) is 22.9 Å². The molecule has 0 spiro atoms. The lowest BCUT2D eigenvalue weighted by molar-refractivity contribution is -0.115. The van der Waals surface area contributed by atoms with Gasteiger partial charge in [-0.05, 0) is 23.8 Å². The number of carbonyl (C=O) groups excluding carboxylic acids is 1. The number of aromatic amines is 2. The fourth-order valence-corrected chi connectivity index (χ4v) is 2.55. The van der Waals surface area contributed by atoms with Gasteiger partial charge in [0.25, 0.3) is 11.1 Å². The number of hydrogen-bond donors (Lipinski definition) is 3. The number of rotatable bonds is 3. The summed E-state index contributed by atoms with van der Waals surface area (Å²) in [5.41, 5.74) is 0.0561. The zero-order valence-corrected chi connectivity index (χ0v) is 12.6. The van der Waals surface area contributed by atoms with Crippen molar-refractivity contribution in [2.24, 2.45) is 0 Å². The molecule has 23 heavy (non-hydrogen) atoms. The summed E-state index contributed by atoms with van der Waals surface area (Å²) in [7, 11) is 0. The summed E-state index contributed by atoms with van der Waals surface area (Å²) in [6.07, 6.45) is 0.0666. The van der Waals surface area contributed by atoms with E-state index >= 15 is 0 Å². The second-order valence-corrected chi connectivity index (χ2v) is 5.36. The van der Waals surface area contributed by atoms with Crippen LogP contribution in [0.1, 0.15) is 5.56 Å². The molecule has 3 aromatic rings. The van der Waals surface area contributed by atoms with Crippen molar-refractivity contribution in [2.75, 3.05) is 5.32 Å². The van der Waals surface area contributed by atoms with E-state index in [1.54, 1.807) is 36.4 Å². The molecule has 1 heterocycles. The number of anilines is 1. The van der Waals surface area contributed by atoms with Gasteiger partial charge in [-0.15, -0.1) is 0 Å². The van der Waals surface area contributed by atoms with Gasteiger partial charge in [-0.2, -0.15) is 0 Å². The minimum absolute atomic E-state index is 0.0666. The largest absolute Gasteiger partial charge is 0.325 e. The molecule has 0 saturated heterocycles. The Bertz CT molecular complexity index is 1010. The highest BCUT2D eigenvalue weighted by molar-refractivity contribution is 6.31. The van der Waals surface area contributed by atoms with E-state index in [1.165, 1.54) is 6.07 Å². The summed E-state index contributed by atoms with van der Waals surface area (Å²) in [6, 6.07) is 11.7. The maximum Gasteiger partial charge on any atom is 0.272 e. The maximum absolute atomic E-state index is 12.2. The molecule has 0 atom stereocenters. The summed E-state index contributed by atoms with van der Waals surface area (Å²) in [6.45, 7) is 0. The molecule has 116 valence electrons. The quantitative estimate of drug-likeness (QED) is 0.686. The average molecular weight is 330 g/mol. The van der Waals surface area contributed by atoms with Gasteiger partial charge in [0.15, 0.2) is 0 Å². The van der Waals surface area contributed by atoms with Gasteiger partial charge in [-0.25, -0.2) is 0 Å². The minimum Gasteiger partial charge on any atom is -0.325 e. The third-order valence-electron chi connectivity index (χ3n) is 3.41. The van der Waals surface area contributed by atoms with Crippen LogP contribution in [0, 0.1) is 0 Å². The highest BCUT2D eigenvalue weighted by Gasteiger charge is 2.12. The van der Waals surface area contributed by atoms with Crippen molar-refractivity contribution >= 4 is 34.0 Å². The van der Waals surface area contributed by atoms with Gasteiger partial charge in [0.2, 0.25) is 5.91 Å². The Kier molecular flexibility index (Phi) is 3.99. The van der Waals surface area contributed by atoms with Gasteiger partial charge in [0, 0.05) is 5.02 Å². The summed E-state index contributed by atoms with van der Waals surface area (Å²) >= 11 is 6.03. The van der Waals surface area contributed by atoms with E-state index in [0.29, 0.717) is 10.6 Å². The van der Waals surface area contributed by atoms with Gasteiger partial charge in [0.1, 0.15) is 0 Å². The molecule has 0 aliphatic heterocycles. The number of benzene rings is 2. The SMILES string of the molecule is O=C(Cc1ccccc1Cl)Nc1cccc2c(=O)[nH][nH]c(=O)c12. The molecule has 2 aromatic carbocycles. The second-order valence-electron chi connectivity index (χ2n) is 4.95. The van der Waals surface area contributed by atoms with E-state index in [2.05, 4.69) is 15.5 Å². The predicted octanol–water partition coefficient (Wildman–Crippen LogP) is 2.05. The Morgan fingerprint density at radius 2 is 1.74 bits per heavy atom. The molecule has 0 radical (unpaired) electrons. The summed E-state index contributed by atoms with van der Waals surface area (Å²) < 4.78 is 0. The van der Waals surface area contributed by atoms with Crippen molar-refractivity contribution in [2.45, 2.75) is 6.42 Å². The van der Waals surface area contributed by atoms with E-state index in [4.69, 9.17) is 11.6 Å². The number of nitrogens with one attached hydrogen (secondary N) is 3. The first-order valence-corrected chi connectivity index (χ1v) is 7.21. The number of hydrogen-bond acceptors (Lipinski definition) is 3. The standard InChI is InChI=1S/C16H12ClN3O3/c17-11-6-2-1-4-9(11)8-13(21)18-12-7-3-5-10-14(12)16(23)20-19-15(10)22/h1-7H,8H2,(H,18,21)(H,19,22)(H,20,23). The molecule has 0 aliphatic carbocycles. The van der Waals surface area contributed by atoms with Crippen LogP contribution in [-0.4, -0.2) is 16.1 Å². The number of amides is 1.